The van der Waals surface area contributed by atoms with Crippen LogP contribution in [0.2, 0.25) is 0 Å². The minimum Gasteiger partial charge on any atom is -0.404 e. The number of carbonyl (C=O) groups is 3. The number of benzene rings is 3. The summed E-state index contributed by atoms with van der Waals surface area (Å²) in [5, 5.41) is 5.46. The van der Waals surface area contributed by atoms with Gasteiger partial charge in [0.25, 0.3) is 0 Å². The number of nitrogens with one attached hydrogen (secondary N) is 2. The Labute approximate surface area is 242 Å². The molecule has 4 rings (SSSR count). The molecule has 0 aliphatic carbocycles. The Morgan fingerprint density at radius 3 is 2.27 bits per heavy atom. The van der Waals surface area contributed by atoms with Crippen LogP contribution in [0.4, 0.5) is 0 Å². The molecule has 0 aromatic heterocycles. The van der Waals surface area contributed by atoms with Crippen LogP contribution in [0.5, 0.6) is 5.75 Å². The Hall–Kier alpha value is -3.63. The van der Waals surface area contributed by atoms with Crippen molar-refractivity contribution in [2.75, 3.05) is 18.1 Å². The van der Waals surface area contributed by atoms with Crippen molar-refractivity contribution in [3.05, 3.63) is 90.0 Å². The molecule has 216 valence electrons. The quantitative estimate of drug-likeness (QED) is 0.261. The minimum atomic E-state index is -4.70. The highest BCUT2D eigenvalue weighted by Crippen LogP contribution is 2.37. The zero-order chi connectivity index (χ0) is 29.4. The molecule has 0 unspecified atom stereocenters. The van der Waals surface area contributed by atoms with E-state index in [-0.39, 0.29) is 18.1 Å². The van der Waals surface area contributed by atoms with Crippen molar-refractivity contribution in [1.82, 2.24) is 15.5 Å². The van der Waals surface area contributed by atoms with Gasteiger partial charge >= 0.3 is 7.82 Å². The first-order chi connectivity index (χ1) is 19.6. The van der Waals surface area contributed by atoms with Crippen LogP contribution < -0.4 is 15.2 Å². The molecule has 3 aromatic carbocycles. The molecule has 0 bridgehead atoms. The number of phosphoric acid groups is 1. The summed E-state index contributed by atoms with van der Waals surface area (Å²) in [6.45, 7) is 2.27. The Morgan fingerprint density at radius 2 is 1.63 bits per heavy atom. The smallest absolute Gasteiger partial charge is 0.404 e. The predicted octanol–water partition coefficient (Wildman–Crippen LogP) is 3.13. The maximum atomic E-state index is 13.5. The highest BCUT2D eigenvalue weighted by atomic mass is 32.2. The molecule has 0 radical (unpaired) electrons. The fourth-order valence-corrected chi connectivity index (χ4v) is 5.85. The molecule has 3 amide bonds. The van der Waals surface area contributed by atoms with Crippen molar-refractivity contribution in [3.63, 3.8) is 0 Å². The summed E-state index contributed by atoms with van der Waals surface area (Å²) < 4.78 is 15.6. The molecule has 1 fully saturated rings. The largest absolute Gasteiger partial charge is 0.524 e. The van der Waals surface area contributed by atoms with Gasteiger partial charge in [-0.2, -0.15) is 11.8 Å². The van der Waals surface area contributed by atoms with E-state index in [0.29, 0.717) is 24.4 Å². The van der Waals surface area contributed by atoms with Crippen molar-refractivity contribution in [1.29, 1.82) is 0 Å². The van der Waals surface area contributed by atoms with Crippen molar-refractivity contribution < 1.29 is 33.3 Å². The third-order valence-electron chi connectivity index (χ3n) is 6.43. The molecule has 1 saturated heterocycles. The van der Waals surface area contributed by atoms with Crippen molar-refractivity contribution >= 4 is 37.3 Å². The lowest BCUT2D eigenvalue weighted by Gasteiger charge is -2.26. The Kier molecular flexibility index (Phi) is 10.2. The third-order valence-corrected chi connectivity index (χ3v) is 7.92. The number of rotatable bonds is 10. The number of hydrogen-bond acceptors (Lipinski definition) is 6. The number of phosphoric ester groups is 1. The van der Waals surface area contributed by atoms with Gasteiger partial charge in [-0.3, -0.25) is 24.2 Å². The SMILES string of the molecule is CC(=O)N[C@@H](Cc1ccc(OP(=O)(O)O)cc1)C(=O)N[C@H]1CSCCN(Cc2ccc(-c3ccccc3)cc2)C1=O. The summed E-state index contributed by atoms with van der Waals surface area (Å²) in [4.78, 5) is 58.3. The van der Waals surface area contributed by atoms with Crippen molar-refractivity contribution in [3.8, 4) is 16.9 Å². The molecule has 12 heteroatoms. The average molecular weight is 598 g/mol. The molecule has 4 N–H and O–H groups in total. The highest BCUT2D eigenvalue weighted by Gasteiger charge is 2.31. The molecule has 41 heavy (non-hydrogen) atoms. The summed E-state index contributed by atoms with van der Waals surface area (Å²) in [5.41, 5.74) is 3.81. The second-order valence-electron chi connectivity index (χ2n) is 9.64. The van der Waals surface area contributed by atoms with Crippen molar-refractivity contribution in [2.45, 2.75) is 32.0 Å². The monoisotopic (exact) mass is 597 g/mol. The molecular weight excluding hydrogens is 565 g/mol. The summed E-state index contributed by atoms with van der Waals surface area (Å²) in [7, 11) is -4.70. The molecule has 0 spiro atoms. The van der Waals surface area contributed by atoms with Crippen LogP contribution in [0.3, 0.4) is 0 Å². The van der Waals surface area contributed by atoms with Gasteiger partial charge in [0.2, 0.25) is 17.7 Å². The molecule has 0 saturated carbocycles. The molecule has 3 aromatic rings. The molecule has 2 atom stereocenters. The standard InChI is InChI=1S/C29H32N3O7PS/c1-20(33)30-26(17-21-9-13-25(14-10-21)39-40(36,37)38)28(34)31-27-19-41-16-15-32(29(27)35)18-22-7-11-24(12-8-22)23-5-3-2-4-6-23/h2-14,26-27H,15-19H2,1H3,(H,30,33)(H,31,34)(H2,36,37,38)/t26-,27-/m0/s1. The zero-order valence-electron chi connectivity index (χ0n) is 22.4. The first-order valence-corrected chi connectivity index (χ1v) is 15.7. The number of amides is 3. The van der Waals surface area contributed by atoms with Gasteiger partial charge in [0.05, 0.1) is 0 Å². The molecule has 1 aliphatic heterocycles. The number of thioether (sulfide) groups is 1. The van der Waals surface area contributed by atoms with E-state index < -0.39 is 31.7 Å². The maximum absolute atomic E-state index is 13.5. The Bertz CT molecular complexity index is 1400. The van der Waals surface area contributed by atoms with E-state index in [1.54, 1.807) is 28.8 Å². The van der Waals surface area contributed by atoms with Crippen LogP contribution in [0.25, 0.3) is 11.1 Å². The van der Waals surface area contributed by atoms with E-state index in [2.05, 4.69) is 15.2 Å². The summed E-state index contributed by atoms with van der Waals surface area (Å²) >= 11 is 1.58. The predicted molar refractivity (Wildman–Crippen MR) is 157 cm³/mol. The normalized spacial score (nSPS) is 16.4. The minimum absolute atomic E-state index is 0.0292. The van der Waals surface area contributed by atoms with E-state index in [1.165, 1.54) is 19.1 Å². The maximum Gasteiger partial charge on any atom is 0.524 e. The van der Waals surface area contributed by atoms with E-state index >= 15 is 0 Å². The van der Waals surface area contributed by atoms with Crippen LogP contribution in [-0.2, 0) is 31.9 Å². The van der Waals surface area contributed by atoms with Gasteiger partial charge in [-0.05, 0) is 34.4 Å². The Balaban J connectivity index is 1.41. The first-order valence-electron chi connectivity index (χ1n) is 13.0. The van der Waals surface area contributed by atoms with Gasteiger partial charge in [-0.25, -0.2) is 4.57 Å². The molecular formula is C29H32N3O7PS. The first kappa shape index (κ1) is 30.3. The average Bonchev–Trinajstić information content (AvgIpc) is 3.10. The third kappa shape index (κ3) is 9.19. The molecule has 10 nitrogen and oxygen atoms in total. The van der Waals surface area contributed by atoms with E-state index in [1.807, 2.05) is 54.6 Å². The van der Waals surface area contributed by atoms with Gasteiger partial charge in [0, 0.05) is 37.9 Å². The highest BCUT2D eigenvalue weighted by molar-refractivity contribution is 7.99. The fourth-order valence-electron chi connectivity index (χ4n) is 4.48. The van der Waals surface area contributed by atoms with E-state index in [4.69, 9.17) is 9.79 Å². The van der Waals surface area contributed by atoms with Gasteiger partial charge in [-0.1, -0.05) is 66.7 Å². The number of nitrogens with zero attached hydrogens (tertiary/aromatic N) is 1. The molecule has 1 heterocycles. The topological polar surface area (TPSA) is 145 Å². The Morgan fingerprint density at radius 1 is 1.00 bits per heavy atom. The van der Waals surface area contributed by atoms with Crippen LogP contribution in [0.15, 0.2) is 78.9 Å². The van der Waals surface area contributed by atoms with Crippen LogP contribution >= 0.6 is 19.6 Å². The van der Waals surface area contributed by atoms with Crippen LogP contribution in [-0.4, -0.2) is 62.5 Å². The molecule has 1 aliphatic rings. The lowest BCUT2D eigenvalue weighted by molar-refractivity contribution is -0.136. The summed E-state index contributed by atoms with van der Waals surface area (Å²) in [6, 6.07) is 22.2. The summed E-state index contributed by atoms with van der Waals surface area (Å²) in [6.07, 6.45) is 0.104. The fraction of sp³-hybridized carbons (Fsp3) is 0.276. The number of carbonyl (C=O) groups excluding carboxylic acids is 3. The van der Waals surface area contributed by atoms with Gasteiger partial charge in [0.15, 0.2) is 0 Å². The van der Waals surface area contributed by atoms with Gasteiger partial charge in [-0.15, -0.1) is 0 Å². The summed E-state index contributed by atoms with van der Waals surface area (Å²) in [5.74, 6) is 0.0279. The van der Waals surface area contributed by atoms with Crippen LogP contribution in [0.1, 0.15) is 18.1 Å². The zero-order valence-corrected chi connectivity index (χ0v) is 24.1. The number of hydrogen-bond donors (Lipinski definition) is 4. The van der Waals surface area contributed by atoms with E-state index in [0.717, 1.165) is 22.4 Å². The second kappa shape index (κ2) is 13.8. The lowest BCUT2D eigenvalue weighted by atomic mass is 10.0. The van der Waals surface area contributed by atoms with Gasteiger partial charge in [0.1, 0.15) is 17.8 Å². The van der Waals surface area contributed by atoms with Gasteiger partial charge < -0.3 is 20.1 Å². The van der Waals surface area contributed by atoms with Crippen molar-refractivity contribution in [2.24, 2.45) is 0 Å². The second-order valence-corrected chi connectivity index (χ2v) is 12.0. The van der Waals surface area contributed by atoms with E-state index in [9.17, 15) is 18.9 Å². The van der Waals surface area contributed by atoms with Crippen LogP contribution in [0, 0.1) is 0 Å². The lowest BCUT2D eigenvalue weighted by Crippen LogP contribution is -2.55.